The molecular formula is C21H24F3N5O3S. The number of carbonyl (C=O) groups excluding carboxylic acids is 2. The molecule has 178 valence electrons. The van der Waals surface area contributed by atoms with Crippen molar-refractivity contribution in [1.29, 1.82) is 5.26 Å². The number of piperidine rings is 1. The van der Waals surface area contributed by atoms with Crippen molar-refractivity contribution in [3.8, 4) is 6.07 Å². The molecule has 0 aromatic carbocycles. The minimum Gasteiger partial charge on any atom is -0.446 e. The molecular weight excluding hydrogens is 459 g/mol. The van der Waals surface area contributed by atoms with Crippen molar-refractivity contribution >= 4 is 39.4 Å². The Hall–Kier alpha value is -3.07. The van der Waals surface area contributed by atoms with Crippen LogP contribution in [0.5, 0.6) is 0 Å². The Bertz CT molecular complexity index is 1070. The fourth-order valence-corrected chi connectivity index (χ4v) is 4.55. The first-order valence-electron chi connectivity index (χ1n) is 10.3. The highest BCUT2D eigenvalue weighted by molar-refractivity contribution is 7.17. The summed E-state index contributed by atoms with van der Waals surface area (Å²) in [6, 6.07) is 2.63. The molecule has 0 radical (unpaired) electrons. The third kappa shape index (κ3) is 5.65. The molecule has 1 saturated heterocycles. The number of thiophene rings is 1. The second kappa shape index (κ2) is 9.82. The van der Waals surface area contributed by atoms with Crippen LogP contribution in [-0.2, 0) is 10.9 Å². The highest BCUT2D eigenvalue weighted by Gasteiger charge is 2.36. The Balaban J connectivity index is 1.79. The number of hydrogen-bond acceptors (Lipinski definition) is 7. The van der Waals surface area contributed by atoms with Crippen LogP contribution in [0.1, 0.15) is 42.1 Å². The Morgan fingerprint density at radius 3 is 2.64 bits per heavy atom. The van der Waals surface area contributed by atoms with Crippen LogP contribution in [0.15, 0.2) is 11.4 Å². The molecule has 0 aliphatic carbocycles. The number of pyridine rings is 1. The van der Waals surface area contributed by atoms with Crippen LogP contribution in [0.25, 0.3) is 10.2 Å². The van der Waals surface area contributed by atoms with Gasteiger partial charge in [-0.1, -0.05) is 0 Å². The predicted molar refractivity (Wildman–Crippen MR) is 117 cm³/mol. The number of alkyl carbamates (subject to hydrolysis) is 1. The maximum Gasteiger partial charge on any atom is 0.417 e. The minimum absolute atomic E-state index is 0.0350. The van der Waals surface area contributed by atoms with E-state index >= 15 is 0 Å². The molecule has 8 nitrogen and oxygen atoms in total. The number of hydrogen-bond donors (Lipinski definition) is 1. The molecule has 1 aliphatic rings. The maximum absolute atomic E-state index is 13.8. The molecule has 1 aliphatic heterocycles. The number of carbonyl (C=O) groups is 2. The lowest BCUT2D eigenvalue weighted by Gasteiger charge is -2.33. The normalized spacial score (nSPS) is 15.7. The van der Waals surface area contributed by atoms with Gasteiger partial charge in [0.15, 0.2) is 0 Å². The average molecular weight is 484 g/mol. The number of nitrogens with zero attached hydrogens (tertiary/aromatic N) is 4. The van der Waals surface area contributed by atoms with Gasteiger partial charge in [0.2, 0.25) is 0 Å². The first-order valence-corrected chi connectivity index (χ1v) is 11.2. The summed E-state index contributed by atoms with van der Waals surface area (Å²) in [5.41, 5.74) is -0.656. The van der Waals surface area contributed by atoms with Crippen molar-refractivity contribution < 1.29 is 27.5 Å². The third-order valence-electron chi connectivity index (χ3n) is 5.25. The zero-order chi connectivity index (χ0) is 24.3. The highest BCUT2D eigenvalue weighted by Crippen LogP contribution is 2.40. The van der Waals surface area contributed by atoms with E-state index in [1.54, 1.807) is 11.8 Å². The summed E-state index contributed by atoms with van der Waals surface area (Å²) in [7, 11) is 3.06. The van der Waals surface area contributed by atoms with E-state index in [4.69, 9.17) is 10.00 Å². The monoisotopic (exact) mass is 483 g/mol. The first-order chi connectivity index (χ1) is 15.5. The topological polar surface area (TPSA) is 98.6 Å². The SMILES string of the molecule is C[C@@H](CC#N)NC(=O)OC1CCN(c2cc(C(F)(F)F)c3scc(C(=O)N(C)C)c3n2)CC1. The molecule has 0 spiro atoms. The zero-order valence-corrected chi connectivity index (χ0v) is 19.2. The van der Waals surface area contributed by atoms with E-state index in [0.717, 1.165) is 17.4 Å². The zero-order valence-electron chi connectivity index (χ0n) is 18.4. The lowest BCUT2D eigenvalue weighted by Crippen LogP contribution is -2.41. The summed E-state index contributed by atoms with van der Waals surface area (Å²) < 4.78 is 46.6. The van der Waals surface area contributed by atoms with Crippen LogP contribution in [0.4, 0.5) is 23.8 Å². The van der Waals surface area contributed by atoms with Gasteiger partial charge in [0, 0.05) is 51.4 Å². The van der Waals surface area contributed by atoms with Crippen molar-refractivity contribution in [3.05, 3.63) is 22.6 Å². The summed E-state index contributed by atoms with van der Waals surface area (Å²) in [5.74, 6) is -0.283. The molecule has 1 atom stereocenters. The van der Waals surface area contributed by atoms with Gasteiger partial charge >= 0.3 is 12.3 Å². The number of halogens is 3. The van der Waals surface area contributed by atoms with Crippen molar-refractivity contribution in [2.45, 2.75) is 44.5 Å². The van der Waals surface area contributed by atoms with E-state index in [-0.39, 0.29) is 34.1 Å². The average Bonchev–Trinajstić information content (AvgIpc) is 3.16. The van der Waals surface area contributed by atoms with Crippen molar-refractivity contribution in [2.75, 3.05) is 32.1 Å². The van der Waals surface area contributed by atoms with E-state index in [1.807, 2.05) is 6.07 Å². The van der Waals surface area contributed by atoms with E-state index in [0.29, 0.717) is 25.9 Å². The van der Waals surface area contributed by atoms with Crippen LogP contribution in [-0.4, -0.2) is 61.2 Å². The summed E-state index contributed by atoms with van der Waals surface area (Å²) in [5, 5.41) is 12.6. The molecule has 33 heavy (non-hydrogen) atoms. The lowest BCUT2D eigenvalue weighted by molar-refractivity contribution is -0.136. The number of rotatable bonds is 5. The van der Waals surface area contributed by atoms with E-state index in [9.17, 15) is 22.8 Å². The molecule has 1 N–H and O–H groups in total. The van der Waals surface area contributed by atoms with Gasteiger partial charge in [-0.2, -0.15) is 18.4 Å². The summed E-state index contributed by atoms with van der Waals surface area (Å²) in [6.45, 7) is 2.36. The minimum atomic E-state index is -4.60. The molecule has 3 rings (SSSR count). The van der Waals surface area contributed by atoms with Gasteiger partial charge in [-0.3, -0.25) is 4.79 Å². The fourth-order valence-electron chi connectivity index (χ4n) is 3.54. The maximum atomic E-state index is 13.8. The van der Waals surface area contributed by atoms with Crippen LogP contribution in [0.2, 0.25) is 0 Å². The molecule has 0 unspecified atom stereocenters. The number of amides is 2. The van der Waals surface area contributed by atoms with Crippen molar-refractivity contribution in [3.63, 3.8) is 0 Å². The smallest absolute Gasteiger partial charge is 0.417 e. The van der Waals surface area contributed by atoms with Crippen LogP contribution >= 0.6 is 11.3 Å². The number of ether oxygens (including phenoxy) is 1. The number of fused-ring (bicyclic) bond motifs is 1. The predicted octanol–water partition coefficient (Wildman–Crippen LogP) is 4.01. The third-order valence-corrected chi connectivity index (χ3v) is 6.26. The van der Waals surface area contributed by atoms with Gasteiger partial charge < -0.3 is 19.9 Å². The first kappa shape index (κ1) is 24.6. The number of nitrogens with one attached hydrogen (secondary N) is 1. The van der Waals surface area contributed by atoms with Gasteiger partial charge in [0.25, 0.3) is 5.91 Å². The Morgan fingerprint density at radius 2 is 2.06 bits per heavy atom. The largest absolute Gasteiger partial charge is 0.446 e. The summed E-state index contributed by atoms with van der Waals surface area (Å²) in [4.78, 5) is 31.8. The molecule has 1 fully saturated rings. The Labute approximate surface area is 192 Å². The quantitative estimate of drug-likeness (QED) is 0.690. The van der Waals surface area contributed by atoms with E-state index < -0.39 is 29.8 Å². The van der Waals surface area contributed by atoms with Gasteiger partial charge in [-0.25, -0.2) is 9.78 Å². The van der Waals surface area contributed by atoms with Crippen LogP contribution in [0, 0.1) is 11.3 Å². The molecule has 2 aromatic heterocycles. The second-order valence-corrected chi connectivity index (χ2v) is 8.93. The van der Waals surface area contributed by atoms with Crippen LogP contribution in [0.3, 0.4) is 0 Å². The molecule has 2 aromatic rings. The number of anilines is 1. The van der Waals surface area contributed by atoms with E-state index in [1.165, 1.54) is 24.4 Å². The van der Waals surface area contributed by atoms with Gasteiger partial charge in [0.1, 0.15) is 11.9 Å². The summed E-state index contributed by atoms with van der Waals surface area (Å²) in [6.07, 6.45) is -4.64. The number of aromatic nitrogens is 1. The van der Waals surface area contributed by atoms with Crippen molar-refractivity contribution in [2.24, 2.45) is 0 Å². The molecule has 12 heteroatoms. The fraction of sp³-hybridized carbons (Fsp3) is 0.524. The Kier molecular flexibility index (Phi) is 7.31. The highest BCUT2D eigenvalue weighted by atomic mass is 32.1. The van der Waals surface area contributed by atoms with Gasteiger partial charge in [-0.15, -0.1) is 11.3 Å². The molecule has 0 bridgehead atoms. The molecule has 0 saturated carbocycles. The second-order valence-electron chi connectivity index (χ2n) is 8.05. The number of alkyl halides is 3. The van der Waals surface area contributed by atoms with Gasteiger partial charge in [0.05, 0.1) is 33.8 Å². The number of nitriles is 1. The van der Waals surface area contributed by atoms with Crippen molar-refractivity contribution in [1.82, 2.24) is 15.2 Å². The standard InChI is InChI=1S/C21H24F3N5O3S/c1-12(4-7-25)26-20(31)32-13-5-8-29(9-6-13)16-10-15(21(22,23)24)18-17(27-16)14(11-33-18)19(30)28(2)3/h10-13H,4-6,8-9H2,1-3H3,(H,26,31)/t12-/m0/s1. The molecule has 2 amide bonds. The van der Waals surface area contributed by atoms with Crippen LogP contribution < -0.4 is 10.2 Å². The van der Waals surface area contributed by atoms with E-state index in [2.05, 4.69) is 10.3 Å². The molecule has 3 heterocycles. The lowest BCUT2D eigenvalue weighted by atomic mass is 10.1. The Morgan fingerprint density at radius 1 is 1.39 bits per heavy atom. The van der Waals surface area contributed by atoms with Gasteiger partial charge in [-0.05, 0) is 13.0 Å². The summed E-state index contributed by atoms with van der Waals surface area (Å²) >= 11 is 0.851.